The molecule has 0 aliphatic rings. The fourth-order valence-corrected chi connectivity index (χ4v) is 3.40. The summed E-state index contributed by atoms with van der Waals surface area (Å²) in [4.78, 5) is 17.3. The molecule has 26 heavy (non-hydrogen) atoms. The first kappa shape index (κ1) is 18.7. The SMILES string of the molecule is O=C(CSc1ccc(Br)cc1)NCCCOc1cccc2cccnc12. The van der Waals surface area contributed by atoms with Crippen LogP contribution in [0.5, 0.6) is 5.75 Å². The molecule has 2 aromatic carbocycles. The Morgan fingerprint density at radius 1 is 1.12 bits per heavy atom. The average Bonchev–Trinajstić information content (AvgIpc) is 2.67. The number of fused-ring (bicyclic) bond motifs is 1. The van der Waals surface area contributed by atoms with Crippen molar-refractivity contribution in [2.75, 3.05) is 18.9 Å². The summed E-state index contributed by atoms with van der Waals surface area (Å²) in [5, 5.41) is 3.98. The van der Waals surface area contributed by atoms with Crippen LogP contribution in [0.25, 0.3) is 10.9 Å². The predicted octanol–water partition coefficient (Wildman–Crippen LogP) is 4.67. The van der Waals surface area contributed by atoms with Crippen LogP contribution in [0.2, 0.25) is 0 Å². The quantitative estimate of drug-likeness (QED) is 0.416. The molecule has 6 heteroatoms. The number of rotatable bonds is 8. The number of nitrogens with zero attached hydrogens (tertiary/aromatic N) is 1. The van der Waals surface area contributed by atoms with Crippen LogP contribution in [0, 0.1) is 0 Å². The third-order valence-corrected chi connectivity index (χ3v) is 5.22. The van der Waals surface area contributed by atoms with Gasteiger partial charge in [0.25, 0.3) is 0 Å². The van der Waals surface area contributed by atoms with Gasteiger partial charge in [0, 0.05) is 27.5 Å². The molecule has 4 nitrogen and oxygen atoms in total. The minimum atomic E-state index is 0.0322. The predicted molar refractivity (Wildman–Crippen MR) is 110 cm³/mol. The maximum Gasteiger partial charge on any atom is 0.230 e. The van der Waals surface area contributed by atoms with Crippen LogP contribution in [-0.2, 0) is 4.79 Å². The molecule has 0 radical (unpaired) electrons. The van der Waals surface area contributed by atoms with Gasteiger partial charge in [0.1, 0.15) is 11.3 Å². The maximum atomic E-state index is 11.9. The highest BCUT2D eigenvalue weighted by molar-refractivity contribution is 9.10. The van der Waals surface area contributed by atoms with Crippen molar-refractivity contribution in [3.63, 3.8) is 0 Å². The Kier molecular flexibility index (Phi) is 6.91. The average molecular weight is 431 g/mol. The smallest absolute Gasteiger partial charge is 0.230 e. The highest BCUT2D eigenvalue weighted by atomic mass is 79.9. The van der Waals surface area contributed by atoms with Gasteiger partial charge >= 0.3 is 0 Å². The monoisotopic (exact) mass is 430 g/mol. The van der Waals surface area contributed by atoms with Gasteiger partial charge in [-0.2, -0.15) is 0 Å². The van der Waals surface area contributed by atoms with Gasteiger partial charge in [0.2, 0.25) is 5.91 Å². The van der Waals surface area contributed by atoms with Crippen molar-refractivity contribution in [2.24, 2.45) is 0 Å². The van der Waals surface area contributed by atoms with E-state index in [0.29, 0.717) is 18.9 Å². The number of para-hydroxylation sites is 1. The lowest BCUT2D eigenvalue weighted by Crippen LogP contribution is -2.27. The van der Waals surface area contributed by atoms with Gasteiger partial charge in [-0.25, -0.2) is 0 Å². The lowest BCUT2D eigenvalue weighted by molar-refractivity contribution is -0.118. The zero-order valence-corrected chi connectivity index (χ0v) is 16.6. The van der Waals surface area contributed by atoms with Crippen molar-refractivity contribution in [1.29, 1.82) is 0 Å². The largest absolute Gasteiger partial charge is 0.491 e. The number of pyridine rings is 1. The van der Waals surface area contributed by atoms with Gasteiger partial charge in [-0.3, -0.25) is 9.78 Å². The van der Waals surface area contributed by atoms with Crippen LogP contribution < -0.4 is 10.1 Å². The second-order valence-electron chi connectivity index (χ2n) is 5.63. The fraction of sp³-hybridized carbons (Fsp3) is 0.200. The standard InChI is InChI=1S/C20H19BrN2O2S/c21-16-7-9-17(10-8-16)26-14-19(24)22-12-3-13-25-18-6-1-4-15-5-2-11-23-20(15)18/h1-2,4-11H,3,12-14H2,(H,22,24). The molecule has 0 saturated heterocycles. The fourth-order valence-electron chi connectivity index (χ4n) is 2.41. The van der Waals surface area contributed by atoms with Gasteiger partial charge in [0.15, 0.2) is 0 Å². The molecule has 3 rings (SSSR count). The Morgan fingerprint density at radius 2 is 1.92 bits per heavy atom. The molecule has 0 fully saturated rings. The summed E-state index contributed by atoms with van der Waals surface area (Å²) < 4.78 is 6.85. The third kappa shape index (κ3) is 5.47. The molecule has 3 aromatic rings. The Hall–Kier alpha value is -2.05. The highest BCUT2D eigenvalue weighted by Gasteiger charge is 2.04. The zero-order chi connectivity index (χ0) is 18.2. The van der Waals surface area contributed by atoms with E-state index in [4.69, 9.17) is 4.74 Å². The highest BCUT2D eigenvalue weighted by Crippen LogP contribution is 2.23. The number of hydrogen-bond acceptors (Lipinski definition) is 4. The summed E-state index contributed by atoms with van der Waals surface area (Å²) in [6.45, 7) is 1.13. The summed E-state index contributed by atoms with van der Waals surface area (Å²) in [5.41, 5.74) is 0.866. The summed E-state index contributed by atoms with van der Waals surface area (Å²) in [5.74, 6) is 1.22. The summed E-state index contributed by atoms with van der Waals surface area (Å²) in [6.07, 6.45) is 2.51. The molecule has 0 atom stereocenters. The van der Waals surface area contributed by atoms with Gasteiger partial charge in [-0.1, -0.05) is 34.1 Å². The molecule has 0 bridgehead atoms. The van der Waals surface area contributed by atoms with E-state index in [9.17, 15) is 4.79 Å². The Morgan fingerprint density at radius 3 is 2.77 bits per heavy atom. The third-order valence-electron chi connectivity index (χ3n) is 3.68. The number of nitrogens with one attached hydrogen (secondary N) is 1. The summed E-state index contributed by atoms with van der Waals surface area (Å²) in [6, 6.07) is 17.7. The molecule has 0 saturated carbocycles. The van der Waals surface area contributed by atoms with E-state index in [1.54, 1.807) is 6.20 Å². The minimum absolute atomic E-state index is 0.0322. The van der Waals surface area contributed by atoms with E-state index >= 15 is 0 Å². The van der Waals surface area contributed by atoms with E-state index in [1.807, 2.05) is 54.6 Å². The molecule has 1 heterocycles. The van der Waals surface area contributed by atoms with Crippen LogP contribution in [0.15, 0.2) is 70.2 Å². The van der Waals surface area contributed by atoms with Crippen molar-refractivity contribution in [1.82, 2.24) is 10.3 Å². The van der Waals surface area contributed by atoms with Gasteiger partial charge in [0.05, 0.1) is 12.4 Å². The topological polar surface area (TPSA) is 51.2 Å². The Labute approximate surface area is 165 Å². The van der Waals surface area contributed by atoms with E-state index in [2.05, 4.69) is 26.2 Å². The van der Waals surface area contributed by atoms with Crippen LogP contribution in [0.3, 0.4) is 0 Å². The first-order valence-electron chi connectivity index (χ1n) is 8.34. The van der Waals surface area contributed by atoms with Gasteiger partial charge in [-0.15, -0.1) is 11.8 Å². The van der Waals surface area contributed by atoms with Crippen LogP contribution in [0.1, 0.15) is 6.42 Å². The number of carbonyl (C=O) groups excluding carboxylic acids is 1. The first-order chi connectivity index (χ1) is 12.7. The van der Waals surface area contributed by atoms with Gasteiger partial charge in [-0.05, 0) is 42.8 Å². The molecule has 0 aliphatic heterocycles. The molecule has 1 aromatic heterocycles. The lowest BCUT2D eigenvalue weighted by Gasteiger charge is -2.09. The summed E-state index contributed by atoms with van der Waals surface area (Å²) >= 11 is 4.93. The number of aromatic nitrogens is 1. The van der Waals surface area contributed by atoms with Gasteiger partial charge < -0.3 is 10.1 Å². The van der Waals surface area contributed by atoms with E-state index in [-0.39, 0.29) is 5.91 Å². The zero-order valence-electron chi connectivity index (χ0n) is 14.2. The Balaban J connectivity index is 1.36. The molecular weight excluding hydrogens is 412 g/mol. The first-order valence-corrected chi connectivity index (χ1v) is 10.1. The van der Waals surface area contributed by atoms with E-state index in [0.717, 1.165) is 32.4 Å². The maximum absolute atomic E-state index is 11.9. The number of thioether (sulfide) groups is 1. The van der Waals surface area contributed by atoms with Crippen LogP contribution in [-0.4, -0.2) is 29.8 Å². The normalized spacial score (nSPS) is 10.7. The summed E-state index contributed by atoms with van der Waals surface area (Å²) in [7, 11) is 0. The number of ether oxygens (including phenoxy) is 1. The van der Waals surface area contributed by atoms with Crippen LogP contribution in [0.4, 0.5) is 0 Å². The number of hydrogen-bond donors (Lipinski definition) is 1. The lowest BCUT2D eigenvalue weighted by atomic mass is 10.2. The van der Waals surface area contributed by atoms with Crippen molar-refractivity contribution in [2.45, 2.75) is 11.3 Å². The molecule has 134 valence electrons. The molecule has 0 unspecified atom stereocenters. The van der Waals surface area contributed by atoms with Crippen LogP contribution >= 0.6 is 27.7 Å². The van der Waals surface area contributed by atoms with Crippen molar-refractivity contribution >= 4 is 44.5 Å². The molecular formula is C20H19BrN2O2S. The number of carbonyl (C=O) groups is 1. The number of halogens is 1. The minimum Gasteiger partial charge on any atom is -0.491 e. The second kappa shape index (κ2) is 9.59. The van der Waals surface area contributed by atoms with E-state index in [1.165, 1.54) is 11.8 Å². The molecule has 1 amide bonds. The van der Waals surface area contributed by atoms with E-state index < -0.39 is 0 Å². The number of amides is 1. The van der Waals surface area contributed by atoms with Crippen molar-refractivity contribution < 1.29 is 9.53 Å². The Bertz CT molecular complexity index is 866. The molecule has 1 N–H and O–H groups in total. The van der Waals surface area contributed by atoms with Crippen molar-refractivity contribution in [3.8, 4) is 5.75 Å². The second-order valence-corrected chi connectivity index (χ2v) is 7.59. The number of benzene rings is 2. The molecule has 0 spiro atoms. The molecule has 0 aliphatic carbocycles. The van der Waals surface area contributed by atoms with Crippen molar-refractivity contribution in [3.05, 3.63) is 65.3 Å².